The predicted molar refractivity (Wildman–Crippen MR) is 227 cm³/mol. The number of hydrogen-bond acceptors (Lipinski definition) is 5. The van der Waals surface area contributed by atoms with Gasteiger partial charge in [-0.05, 0) is 51.4 Å². The molecule has 0 aliphatic rings. The van der Waals surface area contributed by atoms with Crippen LogP contribution in [0.25, 0.3) is 0 Å². The number of ether oxygens (including phenoxy) is 1. The quantitative estimate of drug-likeness (QED) is 0.0328. The second-order valence-corrected chi connectivity index (χ2v) is 16.2. The van der Waals surface area contributed by atoms with Crippen molar-refractivity contribution in [2.45, 2.75) is 270 Å². The Kier molecular flexibility index (Phi) is 40.7. The second kappa shape index (κ2) is 41.8. The fourth-order valence-corrected chi connectivity index (χ4v) is 7.25. The molecule has 0 heterocycles. The molecule has 3 N–H and O–H groups in total. The van der Waals surface area contributed by atoms with Gasteiger partial charge in [0.25, 0.3) is 0 Å². The number of aliphatic hydroxyl groups excluding tert-OH is 2. The van der Waals surface area contributed by atoms with Gasteiger partial charge >= 0.3 is 5.97 Å². The number of esters is 1. The molecule has 6 heteroatoms. The summed E-state index contributed by atoms with van der Waals surface area (Å²) < 4.78 is 5.88. The molecule has 0 spiro atoms. The highest BCUT2D eigenvalue weighted by molar-refractivity contribution is 5.77. The van der Waals surface area contributed by atoms with Gasteiger partial charge in [0.1, 0.15) is 6.10 Å². The molecule has 0 aromatic heterocycles. The van der Waals surface area contributed by atoms with Gasteiger partial charge in [-0.1, -0.05) is 200 Å². The van der Waals surface area contributed by atoms with Gasteiger partial charge in [-0.3, -0.25) is 9.59 Å². The first-order valence-corrected chi connectivity index (χ1v) is 23.4. The molecule has 0 bridgehead atoms. The summed E-state index contributed by atoms with van der Waals surface area (Å²) in [6.07, 6.45) is 44.1. The van der Waals surface area contributed by atoms with Gasteiger partial charge in [0.05, 0.1) is 25.2 Å². The highest BCUT2D eigenvalue weighted by Crippen LogP contribution is 2.17. The maximum absolute atomic E-state index is 13.1. The highest BCUT2D eigenvalue weighted by Gasteiger charge is 2.24. The number of aliphatic hydroxyl groups is 2. The molecular formula is C47H91NO5. The van der Waals surface area contributed by atoms with E-state index >= 15 is 0 Å². The number of carbonyl (C=O) groups is 2. The Morgan fingerprint density at radius 1 is 0.528 bits per heavy atom. The van der Waals surface area contributed by atoms with Crippen molar-refractivity contribution in [2.24, 2.45) is 0 Å². The third kappa shape index (κ3) is 37.3. The summed E-state index contributed by atoms with van der Waals surface area (Å²) in [5.41, 5.74) is 0. The van der Waals surface area contributed by atoms with Crippen LogP contribution in [0.2, 0.25) is 0 Å². The number of unbranched alkanes of at least 4 members (excludes halogenated alkanes) is 28. The van der Waals surface area contributed by atoms with Crippen LogP contribution >= 0.6 is 0 Å². The highest BCUT2D eigenvalue weighted by atomic mass is 16.5. The van der Waals surface area contributed by atoms with Crippen LogP contribution in [-0.4, -0.2) is 46.9 Å². The number of nitrogens with one attached hydrogen (secondary N) is 1. The van der Waals surface area contributed by atoms with Gasteiger partial charge in [-0.15, -0.1) is 0 Å². The minimum Gasteiger partial charge on any atom is -0.462 e. The molecule has 0 aliphatic heterocycles. The minimum absolute atomic E-state index is 0.0726. The van der Waals surface area contributed by atoms with Gasteiger partial charge in [0.15, 0.2) is 0 Å². The monoisotopic (exact) mass is 750 g/mol. The number of rotatable bonds is 42. The lowest BCUT2D eigenvalue weighted by Crippen LogP contribution is -2.46. The summed E-state index contributed by atoms with van der Waals surface area (Å²) in [5.74, 6) is -0.482. The largest absolute Gasteiger partial charge is 0.462 e. The molecule has 0 aromatic carbocycles. The predicted octanol–water partition coefficient (Wildman–Crippen LogP) is 13.4. The zero-order valence-electron chi connectivity index (χ0n) is 35.7. The van der Waals surface area contributed by atoms with Crippen LogP contribution < -0.4 is 5.32 Å². The number of amides is 1. The molecule has 3 atom stereocenters. The molecule has 0 radical (unpaired) electrons. The van der Waals surface area contributed by atoms with Gasteiger partial charge in [-0.25, -0.2) is 0 Å². The van der Waals surface area contributed by atoms with Crippen LogP contribution in [-0.2, 0) is 14.3 Å². The average molecular weight is 750 g/mol. The van der Waals surface area contributed by atoms with Crippen LogP contribution in [0.3, 0.4) is 0 Å². The smallest absolute Gasteiger partial charge is 0.306 e. The third-order valence-electron chi connectivity index (χ3n) is 10.8. The van der Waals surface area contributed by atoms with Crippen LogP contribution in [0.15, 0.2) is 12.2 Å². The molecule has 0 rings (SSSR count). The Balaban J connectivity index is 4.50. The Labute approximate surface area is 329 Å². The van der Waals surface area contributed by atoms with Crippen molar-refractivity contribution in [3.8, 4) is 0 Å². The normalized spacial score (nSPS) is 13.4. The van der Waals surface area contributed by atoms with Crippen molar-refractivity contribution in [1.29, 1.82) is 0 Å². The fourth-order valence-electron chi connectivity index (χ4n) is 7.25. The molecular weight excluding hydrogens is 659 g/mol. The molecule has 53 heavy (non-hydrogen) atoms. The molecule has 0 aromatic rings. The summed E-state index contributed by atoms with van der Waals surface area (Å²) in [6, 6.07) is -0.698. The molecule has 0 fully saturated rings. The molecule has 1 amide bonds. The van der Waals surface area contributed by atoms with E-state index in [1.54, 1.807) is 0 Å². The summed E-state index contributed by atoms with van der Waals surface area (Å²) in [6.45, 7) is 6.44. The van der Waals surface area contributed by atoms with Gasteiger partial charge in [0.2, 0.25) is 5.91 Å². The molecule has 0 saturated carbocycles. The first kappa shape index (κ1) is 51.6. The topological polar surface area (TPSA) is 95.9 Å². The van der Waals surface area contributed by atoms with Crippen molar-refractivity contribution in [3.63, 3.8) is 0 Å². The van der Waals surface area contributed by atoms with Crippen LogP contribution in [0.1, 0.15) is 252 Å². The average Bonchev–Trinajstić information content (AvgIpc) is 3.15. The zero-order chi connectivity index (χ0) is 38.9. The van der Waals surface area contributed by atoms with E-state index in [0.717, 1.165) is 64.2 Å². The molecule has 3 unspecified atom stereocenters. The standard InChI is InChI=1S/C47H91NO5/c1-4-7-10-13-16-19-22-23-24-25-27-30-33-36-39-45(50)44(42-49)48-46(51)41-43(38-35-32-29-26-20-17-14-11-8-5-2)53-47(52)40-37-34-31-28-21-18-15-12-9-6-3/h17,20,43-45,49-50H,4-16,18-19,21-42H2,1-3H3,(H,48,51)/b20-17-. The summed E-state index contributed by atoms with van der Waals surface area (Å²) >= 11 is 0. The van der Waals surface area contributed by atoms with E-state index < -0.39 is 18.2 Å². The lowest BCUT2D eigenvalue weighted by Gasteiger charge is -2.24. The van der Waals surface area contributed by atoms with Crippen molar-refractivity contribution >= 4 is 11.9 Å². The van der Waals surface area contributed by atoms with E-state index in [9.17, 15) is 19.8 Å². The van der Waals surface area contributed by atoms with Gasteiger partial charge < -0.3 is 20.3 Å². The fraction of sp³-hybridized carbons (Fsp3) is 0.915. The first-order valence-electron chi connectivity index (χ1n) is 23.4. The van der Waals surface area contributed by atoms with Crippen molar-refractivity contribution in [1.82, 2.24) is 5.32 Å². The van der Waals surface area contributed by atoms with E-state index in [4.69, 9.17) is 4.74 Å². The summed E-state index contributed by atoms with van der Waals surface area (Å²) in [5, 5.41) is 23.6. The van der Waals surface area contributed by atoms with Crippen LogP contribution in [0.5, 0.6) is 0 Å². The lowest BCUT2D eigenvalue weighted by atomic mass is 10.0. The van der Waals surface area contributed by atoms with Crippen molar-refractivity contribution < 1.29 is 24.5 Å². The zero-order valence-corrected chi connectivity index (χ0v) is 35.7. The lowest BCUT2D eigenvalue weighted by molar-refractivity contribution is -0.151. The van der Waals surface area contributed by atoms with E-state index in [1.807, 2.05) is 0 Å². The van der Waals surface area contributed by atoms with Crippen LogP contribution in [0, 0.1) is 0 Å². The molecule has 0 aliphatic carbocycles. The molecule has 0 saturated heterocycles. The Morgan fingerprint density at radius 2 is 0.906 bits per heavy atom. The van der Waals surface area contributed by atoms with Gasteiger partial charge in [-0.2, -0.15) is 0 Å². The van der Waals surface area contributed by atoms with E-state index in [0.29, 0.717) is 19.3 Å². The van der Waals surface area contributed by atoms with Crippen molar-refractivity contribution in [2.75, 3.05) is 6.61 Å². The Hall–Kier alpha value is -1.40. The SMILES string of the molecule is CCCCC/C=C\CCCCCC(CC(=O)NC(CO)C(O)CCCCCCCCCCCCCCCC)OC(=O)CCCCCCCCCCCC. The maximum atomic E-state index is 13.1. The minimum atomic E-state index is -0.784. The van der Waals surface area contributed by atoms with E-state index in [-0.39, 0.29) is 24.9 Å². The van der Waals surface area contributed by atoms with Crippen molar-refractivity contribution in [3.05, 3.63) is 12.2 Å². The summed E-state index contributed by atoms with van der Waals surface area (Å²) in [4.78, 5) is 25.9. The van der Waals surface area contributed by atoms with Gasteiger partial charge in [0, 0.05) is 6.42 Å². The summed E-state index contributed by atoms with van der Waals surface area (Å²) in [7, 11) is 0. The number of hydrogen-bond donors (Lipinski definition) is 3. The molecule has 314 valence electrons. The Morgan fingerprint density at radius 3 is 1.38 bits per heavy atom. The maximum Gasteiger partial charge on any atom is 0.306 e. The molecule has 6 nitrogen and oxygen atoms in total. The third-order valence-corrected chi connectivity index (χ3v) is 10.8. The number of allylic oxidation sites excluding steroid dienone is 2. The van der Waals surface area contributed by atoms with E-state index in [1.165, 1.54) is 141 Å². The van der Waals surface area contributed by atoms with Crippen LogP contribution in [0.4, 0.5) is 0 Å². The Bertz CT molecular complexity index is 802. The second-order valence-electron chi connectivity index (χ2n) is 16.2. The first-order chi connectivity index (χ1) is 26.0. The number of carbonyl (C=O) groups excluding carboxylic acids is 2. The van der Waals surface area contributed by atoms with E-state index in [2.05, 4.69) is 38.2 Å².